The van der Waals surface area contributed by atoms with Crippen LogP contribution in [-0.2, 0) is 14.3 Å². The number of hydrogen-bond acceptors (Lipinski definition) is 3. The van der Waals surface area contributed by atoms with Gasteiger partial charge in [-0.15, -0.1) is 0 Å². The first-order chi connectivity index (χ1) is 6.88. The van der Waals surface area contributed by atoms with Crippen molar-refractivity contribution in [1.82, 2.24) is 4.90 Å². The molecule has 15 heavy (non-hydrogen) atoms. The number of rotatable bonds is 2. The van der Waals surface area contributed by atoms with E-state index in [9.17, 15) is 9.59 Å². The lowest BCUT2D eigenvalue weighted by molar-refractivity contribution is -0.148. The molecular weight excluding hydrogens is 194 g/mol. The summed E-state index contributed by atoms with van der Waals surface area (Å²) in [4.78, 5) is 24.0. The summed E-state index contributed by atoms with van der Waals surface area (Å²) in [5.41, 5.74) is -0.490. The fraction of sp³-hybridized carbons (Fsp3) is 0.636. The SMILES string of the molecule is CC(C)(C)OC(=O)/C=C/N1CCCC1=O. The Kier molecular flexibility index (Phi) is 3.50. The van der Waals surface area contributed by atoms with Crippen LogP contribution in [0.1, 0.15) is 33.6 Å². The van der Waals surface area contributed by atoms with Gasteiger partial charge >= 0.3 is 5.97 Å². The number of ether oxygens (including phenoxy) is 1. The molecule has 0 aliphatic carbocycles. The molecule has 0 aromatic heterocycles. The molecule has 1 fully saturated rings. The maximum atomic E-state index is 11.3. The molecule has 0 unspecified atom stereocenters. The first kappa shape index (κ1) is 11.8. The zero-order valence-electron chi connectivity index (χ0n) is 9.45. The van der Waals surface area contributed by atoms with Gasteiger partial charge in [0.2, 0.25) is 5.91 Å². The van der Waals surface area contributed by atoms with E-state index in [1.807, 2.05) is 0 Å². The first-order valence-corrected chi connectivity index (χ1v) is 5.09. The van der Waals surface area contributed by atoms with E-state index in [-0.39, 0.29) is 5.91 Å². The second-order valence-electron chi connectivity index (χ2n) is 4.54. The van der Waals surface area contributed by atoms with E-state index in [1.54, 1.807) is 25.7 Å². The van der Waals surface area contributed by atoms with Gasteiger partial charge in [0.25, 0.3) is 0 Å². The van der Waals surface area contributed by atoms with Crippen LogP contribution >= 0.6 is 0 Å². The number of carbonyl (C=O) groups excluding carboxylic acids is 2. The Labute approximate surface area is 89.9 Å². The van der Waals surface area contributed by atoms with Crippen molar-refractivity contribution in [2.24, 2.45) is 0 Å². The van der Waals surface area contributed by atoms with Crippen molar-refractivity contribution in [3.05, 3.63) is 12.3 Å². The normalized spacial score (nSPS) is 17.5. The summed E-state index contributed by atoms with van der Waals surface area (Å²) in [5, 5.41) is 0. The van der Waals surface area contributed by atoms with Gasteiger partial charge in [0.1, 0.15) is 5.60 Å². The standard InChI is InChI=1S/C11H17NO3/c1-11(2,3)15-10(14)6-8-12-7-4-5-9(12)13/h6,8H,4-5,7H2,1-3H3/b8-6+. The highest BCUT2D eigenvalue weighted by Crippen LogP contribution is 2.11. The minimum atomic E-state index is -0.490. The van der Waals surface area contributed by atoms with E-state index < -0.39 is 11.6 Å². The van der Waals surface area contributed by atoms with Gasteiger partial charge in [-0.3, -0.25) is 4.79 Å². The van der Waals surface area contributed by atoms with Crippen molar-refractivity contribution in [2.45, 2.75) is 39.2 Å². The van der Waals surface area contributed by atoms with E-state index in [0.717, 1.165) is 6.42 Å². The van der Waals surface area contributed by atoms with Gasteiger partial charge in [0.05, 0.1) is 0 Å². The lowest BCUT2D eigenvalue weighted by Gasteiger charge is -2.18. The summed E-state index contributed by atoms with van der Waals surface area (Å²) in [6.07, 6.45) is 4.23. The molecule has 1 heterocycles. The van der Waals surface area contributed by atoms with Crippen LogP contribution in [0.4, 0.5) is 0 Å². The number of likely N-dealkylation sites (tertiary alicyclic amines) is 1. The molecule has 0 saturated carbocycles. The summed E-state index contributed by atoms with van der Waals surface area (Å²) >= 11 is 0. The average molecular weight is 211 g/mol. The Morgan fingerprint density at radius 1 is 1.47 bits per heavy atom. The summed E-state index contributed by atoms with van der Waals surface area (Å²) in [5.74, 6) is -0.350. The van der Waals surface area contributed by atoms with Crippen LogP contribution in [0.25, 0.3) is 0 Å². The number of esters is 1. The molecule has 84 valence electrons. The van der Waals surface area contributed by atoms with E-state index >= 15 is 0 Å². The van der Waals surface area contributed by atoms with Crippen LogP contribution in [0, 0.1) is 0 Å². The van der Waals surface area contributed by atoms with Gasteiger partial charge < -0.3 is 9.64 Å². The molecule has 4 nitrogen and oxygen atoms in total. The molecule has 1 amide bonds. The third kappa shape index (κ3) is 4.14. The van der Waals surface area contributed by atoms with Gasteiger partial charge in [0.15, 0.2) is 0 Å². The smallest absolute Gasteiger partial charge is 0.332 e. The fourth-order valence-electron chi connectivity index (χ4n) is 1.31. The molecule has 0 atom stereocenters. The lowest BCUT2D eigenvalue weighted by Crippen LogP contribution is -2.23. The largest absolute Gasteiger partial charge is 0.457 e. The molecule has 0 aromatic rings. The topological polar surface area (TPSA) is 46.6 Å². The molecule has 1 aliphatic heterocycles. The van der Waals surface area contributed by atoms with Gasteiger partial charge in [0, 0.05) is 25.2 Å². The molecule has 1 saturated heterocycles. The van der Waals surface area contributed by atoms with Crippen LogP contribution < -0.4 is 0 Å². The number of carbonyl (C=O) groups is 2. The van der Waals surface area contributed by atoms with Gasteiger partial charge in [-0.25, -0.2) is 4.79 Å². The Morgan fingerprint density at radius 2 is 2.13 bits per heavy atom. The number of amides is 1. The van der Waals surface area contributed by atoms with Crippen LogP contribution in [0.2, 0.25) is 0 Å². The lowest BCUT2D eigenvalue weighted by atomic mass is 10.2. The zero-order chi connectivity index (χ0) is 11.5. The monoisotopic (exact) mass is 211 g/mol. The highest BCUT2D eigenvalue weighted by atomic mass is 16.6. The molecule has 0 bridgehead atoms. The third-order valence-corrected chi connectivity index (χ3v) is 1.91. The quantitative estimate of drug-likeness (QED) is 0.513. The molecule has 1 rings (SSSR count). The minimum absolute atomic E-state index is 0.0646. The molecule has 4 heteroatoms. The highest BCUT2D eigenvalue weighted by molar-refractivity contribution is 5.84. The number of hydrogen-bond donors (Lipinski definition) is 0. The molecule has 0 N–H and O–H groups in total. The Bertz CT molecular complexity index is 289. The Balaban J connectivity index is 2.44. The van der Waals surface area contributed by atoms with Gasteiger partial charge in [-0.05, 0) is 27.2 Å². The second kappa shape index (κ2) is 4.47. The highest BCUT2D eigenvalue weighted by Gasteiger charge is 2.18. The maximum absolute atomic E-state index is 11.3. The van der Waals surface area contributed by atoms with Gasteiger partial charge in [-0.2, -0.15) is 0 Å². The Hall–Kier alpha value is -1.32. The molecule has 0 radical (unpaired) electrons. The van der Waals surface area contributed by atoms with Crippen LogP contribution in [0.3, 0.4) is 0 Å². The van der Waals surface area contributed by atoms with Crippen molar-refractivity contribution in [3.63, 3.8) is 0 Å². The van der Waals surface area contributed by atoms with Gasteiger partial charge in [-0.1, -0.05) is 0 Å². The first-order valence-electron chi connectivity index (χ1n) is 5.09. The van der Waals surface area contributed by atoms with Crippen molar-refractivity contribution in [3.8, 4) is 0 Å². The van der Waals surface area contributed by atoms with Crippen LogP contribution in [0.5, 0.6) is 0 Å². The fourth-order valence-corrected chi connectivity index (χ4v) is 1.31. The van der Waals surface area contributed by atoms with E-state index in [0.29, 0.717) is 13.0 Å². The number of nitrogens with zero attached hydrogens (tertiary/aromatic N) is 1. The molecule has 1 aliphatic rings. The molecule has 0 spiro atoms. The summed E-state index contributed by atoms with van der Waals surface area (Å²) < 4.78 is 5.07. The van der Waals surface area contributed by atoms with Crippen molar-refractivity contribution >= 4 is 11.9 Å². The summed E-state index contributed by atoms with van der Waals surface area (Å²) in [6.45, 7) is 6.11. The minimum Gasteiger partial charge on any atom is -0.457 e. The van der Waals surface area contributed by atoms with Crippen molar-refractivity contribution < 1.29 is 14.3 Å². The Morgan fingerprint density at radius 3 is 2.60 bits per heavy atom. The average Bonchev–Trinajstić information content (AvgIpc) is 2.44. The summed E-state index contributed by atoms with van der Waals surface area (Å²) in [6, 6.07) is 0. The van der Waals surface area contributed by atoms with Crippen LogP contribution in [0.15, 0.2) is 12.3 Å². The third-order valence-electron chi connectivity index (χ3n) is 1.91. The van der Waals surface area contributed by atoms with E-state index in [1.165, 1.54) is 12.3 Å². The van der Waals surface area contributed by atoms with E-state index in [4.69, 9.17) is 4.74 Å². The van der Waals surface area contributed by atoms with Crippen LogP contribution in [-0.4, -0.2) is 28.9 Å². The zero-order valence-corrected chi connectivity index (χ0v) is 9.45. The second-order valence-corrected chi connectivity index (χ2v) is 4.54. The molecule has 0 aromatic carbocycles. The summed E-state index contributed by atoms with van der Waals surface area (Å²) in [7, 11) is 0. The molecular formula is C11H17NO3. The van der Waals surface area contributed by atoms with Crippen molar-refractivity contribution in [1.29, 1.82) is 0 Å². The predicted molar refractivity (Wildman–Crippen MR) is 55.9 cm³/mol. The predicted octanol–water partition coefficient (Wildman–Crippen LogP) is 1.46. The van der Waals surface area contributed by atoms with Crippen molar-refractivity contribution in [2.75, 3.05) is 6.54 Å². The van der Waals surface area contributed by atoms with E-state index in [2.05, 4.69) is 0 Å². The maximum Gasteiger partial charge on any atom is 0.332 e.